The molecule has 1 aromatic carbocycles. The minimum Gasteiger partial charge on any atom is -0.490 e. The van der Waals surface area contributed by atoms with E-state index in [9.17, 15) is 9.59 Å². The number of likely N-dealkylation sites (tertiary alicyclic amines) is 2. The van der Waals surface area contributed by atoms with Crippen molar-refractivity contribution in [3.63, 3.8) is 0 Å². The Kier molecular flexibility index (Phi) is 5.23. The second-order valence-electron chi connectivity index (χ2n) is 8.15. The first-order valence-corrected chi connectivity index (χ1v) is 10.1. The summed E-state index contributed by atoms with van der Waals surface area (Å²) >= 11 is 0. The Morgan fingerprint density at radius 1 is 1.22 bits per heavy atom. The molecule has 3 aliphatic rings. The van der Waals surface area contributed by atoms with E-state index >= 15 is 0 Å². The van der Waals surface area contributed by atoms with Crippen molar-refractivity contribution in [3.05, 3.63) is 29.8 Å². The van der Waals surface area contributed by atoms with E-state index in [1.807, 2.05) is 28.0 Å². The minimum absolute atomic E-state index is 0.0127. The lowest BCUT2D eigenvalue weighted by molar-refractivity contribution is -0.128. The highest BCUT2D eigenvalue weighted by Gasteiger charge is 2.39. The number of aryl methyl sites for hydroxylation is 1. The van der Waals surface area contributed by atoms with E-state index in [1.165, 1.54) is 5.56 Å². The molecule has 2 heterocycles. The van der Waals surface area contributed by atoms with Crippen molar-refractivity contribution in [3.8, 4) is 5.75 Å². The molecule has 3 fully saturated rings. The number of ether oxygens (including phenoxy) is 1. The Labute approximate surface area is 160 Å². The van der Waals surface area contributed by atoms with Gasteiger partial charge in [-0.05, 0) is 37.5 Å². The fourth-order valence-corrected chi connectivity index (χ4v) is 4.09. The van der Waals surface area contributed by atoms with Gasteiger partial charge in [0.05, 0.1) is 0 Å². The summed E-state index contributed by atoms with van der Waals surface area (Å²) in [5.41, 5.74) is 1.19. The van der Waals surface area contributed by atoms with Gasteiger partial charge >= 0.3 is 6.03 Å². The molecule has 0 bridgehead atoms. The van der Waals surface area contributed by atoms with Crippen LogP contribution in [0, 0.1) is 12.8 Å². The van der Waals surface area contributed by atoms with Crippen molar-refractivity contribution in [2.24, 2.45) is 5.92 Å². The van der Waals surface area contributed by atoms with Gasteiger partial charge < -0.3 is 19.9 Å². The molecule has 0 spiro atoms. The maximum Gasteiger partial charge on any atom is 0.317 e. The monoisotopic (exact) mass is 371 g/mol. The summed E-state index contributed by atoms with van der Waals surface area (Å²) in [6.45, 7) is 4.87. The SMILES string of the molecule is Cc1cccc(OC2CCN(C(=O)NC[C@H]3CC(=O)N(C4CC4)C3)CC2)c1. The van der Waals surface area contributed by atoms with Gasteiger partial charge in [-0.3, -0.25) is 4.79 Å². The van der Waals surface area contributed by atoms with E-state index in [-0.39, 0.29) is 24.0 Å². The van der Waals surface area contributed by atoms with E-state index in [0.717, 1.165) is 38.0 Å². The molecular weight excluding hydrogens is 342 g/mol. The smallest absolute Gasteiger partial charge is 0.317 e. The number of rotatable bonds is 5. The average molecular weight is 371 g/mol. The van der Waals surface area contributed by atoms with Crippen LogP contribution < -0.4 is 10.1 Å². The predicted octanol–water partition coefficient (Wildman–Crippen LogP) is 2.56. The summed E-state index contributed by atoms with van der Waals surface area (Å²) in [7, 11) is 0. The first-order valence-electron chi connectivity index (χ1n) is 10.1. The van der Waals surface area contributed by atoms with E-state index in [2.05, 4.69) is 18.3 Å². The summed E-state index contributed by atoms with van der Waals surface area (Å²) < 4.78 is 6.06. The number of piperidine rings is 1. The third-order valence-electron chi connectivity index (χ3n) is 5.79. The molecule has 0 radical (unpaired) electrons. The predicted molar refractivity (Wildman–Crippen MR) is 103 cm³/mol. The summed E-state index contributed by atoms with van der Waals surface area (Å²) in [5, 5.41) is 3.03. The molecule has 2 saturated heterocycles. The Bertz CT molecular complexity index is 696. The summed E-state index contributed by atoms with van der Waals surface area (Å²) in [5.74, 6) is 1.42. The lowest BCUT2D eigenvalue weighted by Crippen LogP contribution is -2.47. The molecular formula is C21H29N3O3. The molecule has 0 aromatic heterocycles. The van der Waals surface area contributed by atoms with Crippen molar-refractivity contribution in [1.82, 2.24) is 15.1 Å². The first kappa shape index (κ1) is 18.1. The van der Waals surface area contributed by atoms with Crippen LogP contribution >= 0.6 is 0 Å². The van der Waals surface area contributed by atoms with Crippen LogP contribution in [0.25, 0.3) is 0 Å². The second kappa shape index (κ2) is 7.79. The third-order valence-corrected chi connectivity index (χ3v) is 5.79. The van der Waals surface area contributed by atoms with E-state index in [4.69, 9.17) is 4.74 Å². The molecule has 2 aliphatic heterocycles. The van der Waals surface area contributed by atoms with Gasteiger partial charge in [-0.1, -0.05) is 12.1 Å². The zero-order chi connectivity index (χ0) is 18.8. The normalized spacial score (nSPS) is 23.6. The van der Waals surface area contributed by atoms with Crippen molar-refractivity contribution in [1.29, 1.82) is 0 Å². The largest absolute Gasteiger partial charge is 0.490 e. The molecule has 1 saturated carbocycles. The summed E-state index contributed by atoms with van der Waals surface area (Å²) in [4.78, 5) is 28.3. The molecule has 146 valence electrons. The van der Waals surface area contributed by atoms with Crippen molar-refractivity contribution in [2.45, 2.75) is 51.2 Å². The van der Waals surface area contributed by atoms with Crippen LogP contribution in [0.15, 0.2) is 24.3 Å². The Morgan fingerprint density at radius 3 is 2.70 bits per heavy atom. The standard InChI is InChI=1S/C21H29N3O3/c1-15-3-2-4-19(11-15)27-18-7-9-23(10-8-18)21(26)22-13-16-12-20(25)24(14-16)17-5-6-17/h2-4,11,16-18H,5-10,12-14H2,1H3,(H,22,26)/t16-/m1/s1. The number of hydrogen-bond acceptors (Lipinski definition) is 3. The first-order chi connectivity index (χ1) is 13.1. The van der Waals surface area contributed by atoms with Gasteiger partial charge in [-0.25, -0.2) is 4.79 Å². The number of amides is 3. The van der Waals surface area contributed by atoms with E-state index in [0.29, 0.717) is 32.1 Å². The summed E-state index contributed by atoms with van der Waals surface area (Å²) in [6.07, 6.45) is 4.71. The second-order valence-corrected chi connectivity index (χ2v) is 8.15. The van der Waals surface area contributed by atoms with Crippen LogP contribution in [0.1, 0.15) is 37.7 Å². The topological polar surface area (TPSA) is 61.9 Å². The zero-order valence-electron chi connectivity index (χ0n) is 16.0. The lowest BCUT2D eigenvalue weighted by atomic mass is 10.1. The molecule has 1 aromatic rings. The number of nitrogens with zero attached hydrogens (tertiary/aromatic N) is 2. The van der Waals surface area contributed by atoms with Crippen LogP contribution in [0.2, 0.25) is 0 Å². The number of urea groups is 1. The van der Waals surface area contributed by atoms with Gasteiger partial charge in [0.1, 0.15) is 11.9 Å². The van der Waals surface area contributed by atoms with E-state index in [1.54, 1.807) is 0 Å². The van der Waals surface area contributed by atoms with Crippen LogP contribution in [0.5, 0.6) is 5.75 Å². The molecule has 0 unspecified atom stereocenters. The van der Waals surface area contributed by atoms with E-state index < -0.39 is 0 Å². The fourth-order valence-electron chi connectivity index (χ4n) is 4.09. The summed E-state index contributed by atoms with van der Waals surface area (Å²) in [6, 6.07) is 8.56. The van der Waals surface area contributed by atoms with Crippen LogP contribution in [-0.2, 0) is 4.79 Å². The quantitative estimate of drug-likeness (QED) is 0.865. The molecule has 4 rings (SSSR count). The van der Waals surface area contributed by atoms with Gasteiger partial charge in [-0.15, -0.1) is 0 Å². The maximum atomic E-state index is 12.4. The number of nitrogens with one attached hydrogen (secondary N) is 1. The molecule has 3 amide bonds. The fraction of sp³-hybridized carbons (Fsp3) is 0.619. The van der Waals surface area contributed by atoms with Crippen molar-refractivity contribution in [2.75, 3.05) is 26.2 Å². The average Bonchev–Trinajstić information content (AvgIpc) is 3.43. The number of hydrogen-bond donors (Lipinski definition) is 1. The molecule has 6 heteroatoms. The molecule has 1 N–H and O–H groups in total. The molecule has 27 heavy (non-hydrogen) atoms. The third kappa shape index (κ3) is 4.54. The minimum atomic E-state index is -0.0127. The maximum absolute atomic E-state index is 12.4. The highest BCUT2D eigenvalue weighted by Crippen LogP contribution is 2.32. The Balaban J connectivity index is 1.18. The number of benzene rings is 1. The van der Waals surface area contributed by atoms with Gasteiger partial charge in [0.25, 0.3) is 0 Å². The highest BCUT2D eigenvalue weighted by atomic mass is 16.5. The molecule has 1 atom stereocenters. The lowest BCUT2D eigenvalue weighted by Gasteiger charge is -2.32. The van der Waals surface area contributed by atoms with Gasteiger partial charge in [0.15, 0.2) is 0 Å². The van der Waals surface area contributed by atoms with Crippen LogP contribution in [0.3, 0.4) is 0 Å². The highest BCUT2D eigenvalue weighted by molar-refractivity contribution is 5.79. The van der Waals surface area contributed by atoms with Crippen molar-refractivity contribution >= 4 is 11.9 Å². The zero-order valence-corrected chi connectivity index (χ0v) is 16.0. The van der Waals surface area contributed by atoms with Gasteiger partial charge in [0.2, 0.25) is 5.91 Å². The molecule has 1 aliphatic carbocycles. The number of carbonyl (C=O) groups excluding carboxylic acids is 2. The van der Waals surface area contributed by atoms with Crippen LogP contribution in [0.4, 0.5) is 4.79 Å². The molecule has 6 nitrogen and oxygen atoms in total. The van der Waals surface area contributed by atoms with Crippen molar-refractivity contribution < 1.29 is 14.3 Å². The Morgan fingerprint density at radius 2 is 2.00 bits per heavy atom. The Hall–Kier alpha value is -2.24. The van der Waals surface area contributed by atoms with Gasteiger partial charge in [0, 0.05) is 57.4 Å². The van der Waals surface area contributed by atoms with Crippen LogP contribution in [-0.4, -0.2) is 60.1 Å². The van der Waals surface area contributed by atoms with Gasteiger partial charge in [-0.2, -0.15) is 0 Å². The number of carbonyl (C=O) groups is 2.